The lowest BCUT2D eigenvalue weighted by atomic mass is 10.1. The first-order valence-corrected chi connectivity index (χ1v) is 8.39. The van der Waals surface area contributed by atoms with Crippen LogP contribution in [-0.2, 0) is 16.1 Å². The van der Waals surface area contributed by atoms with E-state index in [-0.39, 0.29) is 12.0 Å². The molecule has 3 rings (SSSR count). The third-order valence-electron chi connectivity index (χ3n) is 4.18. The van der Waals surface area contributed by atoms with E-state index in [9.17, 15) is 4.79 Å². The minimum atomic E-state index is -0.0487. The molecule has 1 aromatic carbocycles. The number of benzene rings is 1. The molecule has 1 aliphatic rings. The highest BCUT2D eigenvalue weighted by atomic mass is 16.5. The molecule has 6 nitrogen and oxygen atoms in total. The number of methoxy groups -OCH3 is 1. The first-order valence-electron chi connectivity index (χ1n) is 8.39. The van der Waals surface area contributed by atoms with Gasteiger partial charge in [-0.1, -0.05) is 18.2 Å². The number of aromatic nitrogens is 1. The summed E-state index contributed by atoms with van der Waals surface area (Å²) < 4.78 is 11.1. The highest BCUT2D eigenvalue weighted by Crippen LogP contribution is 2.25. The molecule has 2 heterocycles. The summed E-state index contributed by atoms with van der Waals surface area (Å²) >= 11 is 0. The maximum atomic E-state index is 12.2. The molecule has 25 heavy (non-hydrogen) atoms. The topological polar surface area (TPSA) is 63.7 Å². The second-order valence-electron chi connectivity index (χ2n) is 5.97. The first kappa shape index (κ1) is 17.4. The van der Waals surface area contributed by atoms with Gasteiger partial charge in [0.05, 0.1) is 38.6 Å². The Morgan fingerprint density at radius 2 is 2.28 bits per heavy atom. The summed E-state index contributed by atoms with van der Waals surface area (Å²) in [7, 11) is 1.65. The smallest absolute Gasteiger partial charge is 0.234 e. The highest BCUT2D eigenvalue weighted by molar-refractivity contribution is 5.77. The average Bonchev–Trinajstić information content (AvgIpc) is 2.67. The lowest BCUT2D eigenvalue weighted by molar-refractivity contribution is -0.124. The van der Waals surface area contributed by atoms with E-state index in [1.807, 2.05) is 42.5 Å². The lowest BCUT2D eigenvalue weighted by Crippen LogP contribution is -2.44. The number of nitrogens with one attached hydrogen (secondary N) is 1. The van der Waals surface area contributed by atoms with Crippen molar-refractivity contribution in [1.82, 2.24) is 15.2 Å². The van der Waals surface area contributed by atoms with Crippen molar-refractivity contribution < 1.29 is 14.3 Å². The molecule has 0 aliphatic carbocycles. The van der Waals surface area contributed by atoms with Gasteiger partial charge in [0.15, 0.2) is 0 Å². The molecular formula is C19H23N3O3. The van der Waals surface area contributed by atoms with Gasteiger partial charge in [-0.15, -0.1) is 0 Å². The van der Waals surface area contributed by atoms with Gasteiger partial charge < -0.3 is 14.8 Å². The molecule has 132 valence electrons. The first-order chi connectivity index (χ1) is 12.2. The maximum absolute atomic E-state index is 12.2. The maximum Gasteiger partial charge on any atom is 0.234 e. The molecular weight excluding hydrogens is 318 g/mol. The summed E-state index contributed by atoms with van der Waals surface area (Å²) in [5.41, 5.74) is 1.92. The van der Waals surface area contributed by atoms with E-state index in [0.717, 1.165) is 23.6 Å². The molecule has 1 fully saturated rings. The molecule has 1 aliphatic heterocycles. The Labute approximate surface area is 147 Å². The summed E-state index contributed by atoms with van der Waals surface area (Å²) in [5, 5.41) is 2.92. The molecule has 0 saturated carbocycles. The normalized spacial score (nSPS) is 17.9. The van der Waals surface area contributed by atoms with Crippen molar-refractivity contribution in [1.29, 1.82) is 0 Å². The zero-order valence-electron chi connectivity index (χ0n) is 14.4. The van der Waals surface area contributed by atoms with Gasteiger partial charge in [0.25, 0.3) is 0 Å². The quantitative estimate of drug-likeness (QED) is 0.868. The van der Waals surface area contributed by atoms with Gasteiger partial charge in [0.2, 0.25) is 5.91 Å². The Hall–Kier alpha value is -2.44. The molecule has 1 unspecified atom stereocenters. The molecule has 1 N–H and O–H groups in total. The molecule has 1 aromatic heterocycles. The van der Waals surface area contributed by atoms with Crippen molar-refractivity contribution in [3.63, 3.8) is 0 Å². The van der Waals surface area contributed by atoms with Gasteiger partial charge in [0, 0.05) is 19.3 Å². The predicted molar refractivity (Wildman–Crippen MR) is 94.2 cm³/mol. The number of carbonyl (C=O) groups is 1. The van der Waals surface area contributed by atoms with Crippen LogP contribution in [0.25, 0.3) is 0 Å². The summed E-state index contributed by atoms with van der Waals surface area (Å²) in [6.45, 7) is 2.84. The number of morpholine rings is 1. The third kappa shape index (κ3) is 5.01. The van der Waals surface area contributed by atoms with Crippen LogP contribution < -0.4 is 10.1 Å². The van der Waals surface area contributed by atoms with Gasteiger partial charge in [0.1, 0.15) is 5.75 Å². The van der Waals surface area contributed by atoms with Crippen LogP contribution in [0.5, 0.6) is 5.75 Å². The van der Waals surface area contributed by atoms with Crippen molar-refractivity contribution in [2.45, 2.75) is 12.6 Å². The number of ether oxygens (including phenoxy) is 2. The lowest BCUT2D eigenvalue weighted by Gasteiger charge is -2.32. The van der Waals surface area contributed by atoms with Crippen LogP contribution in [0, 0.1) is 0 Å². The van der Waals surface area contributed by atoms with Crippen LogP contribution in [0.2, 0.25) is 0 Å². The van der Waals surface area contributed by atoms with Gasteiger partial charge in [-0.05, 0) is 29.8 Å². The van der Waals surface area contributed by atoms with Crippen molar-refractivity contribution >= 4 is 5.91 Å². The number of rotatable bonds is 6. The van der Waals surface area contributed by atoms with Crippen LogP contribution in [0.1, 0.15) is 17.4 Å². The van der Waals surface area contributed by atoms with E-state index < -0.39 is 0 Å². The monoisotopic (exact) mass is 341 g/mol. The predicted octanol–water partition coefficient (Wildman–Crippen LogP) is 1.78. The SMILES string of the molecule is COc1cccc(C2CN(CC(=O)NCc3ccccn3)CCO2)c1. The fourth-order valence-electron chi connectivity index (χ4n) is 2.84. The number of hydrogen-bond acceptors (Lipinski definition) is 5. The molecule has 0 bridgehead atoms. The fraction of sp³-hybridized carbons (Fsp3) is 0.368. The van der Waals surface area contributed by atoms with Gasteiger partial charge in [-0.3, -0.25) is 14.7 Å². The van der Waals surface area contributed by atoms with E-state index >= 15 is 0 Å². The molecule has 2 aromatic rings. The zero-order valence-corrected chi connectivity index (χ0v) is 14.4. The number of pyridine rings is 1. The second-order valence-corrected chi connectivity index (χ2v) is 5.97. The van der Waals surface area contributed by atoms with Crippen LogP contribution in [-0.4, -0.2) is 49.1 Å². The number of carbonyl (C=O) groups excluding carboxylic acids is 1. The molecule has 1 atom stereocenters. The van der Waals surface area contributed by atoms with E-state index in [1.54, 1.807) is 13.3 Å². The third-order valence-corrected chi connectivity index (χ3v) is 4.18. The minimum Gasteiger partial charge on any atom is -0.497 e. The summed E-state index contributed by atoms with van der Waals surface area (Å²) in [5.74, 6) is 0.809. The number of nitrogens with zero attached hydrogens (tertiary/aromatic N) is 2. The molecule has 6 heteroatoms. The molecule has 1 saturated heterocycles. The van der Waals surface area contributed by atoms with E-state index in [4.69, 9.17) is 9.47 Å². The van der Waals surface area contributed by atoms with E-state index in [2.05, 4.69) is 15.2 Å². The van der Waals surface area contributed by atoms with Gasteiger partial charge in [-0.2, -0.15) is 0 Å². The number of amides is 1. The fourth-order valence-corrected chi connectivity index (χ4v) is 2.84. The number of hydrogen-bond donors (Lipinski definition) is 1. The van der Waals surface area contributed by atoms with E-state index in [0.29, 0.717) is 26.2 Å². The summed E-state index contributed by atoms with van der Waals surface area (Å²) in [6, 6.07) is 13.5. The van der Waals surface area contributed by atoms with Crippen LogP contribution in [0.3, 0.4) is 0 Å². The molecule has 0 spiro atoms. The van der Waals surface area contributed by atoms with E-state index in [1.165, 1.54) is 0 Å². The Morgan fingerprint density at radius 1 is 1.36 bits per heavy atom. The van der Waals surface area contributed by atoms with Crippen LogP contribution in [0.4, 0.5) is 0 Å². The Balaban J connectivity index is 1.51. The Bertz CT molecular complexity index is 693. The van der Waals surface area contributed by atoms with Crippen molar-refractivity contribution in [3.05, 3.63) is 59.9 Å². The van der Waals surface area contributed by atoms with Crippen molar-refractivity contribution in [2.24, 2.45) is 0 Å². The van der Waals surface area contributed by atoms with Crippen LogP contribution in [0.15, 0.2) is 48.7 Å². The van der Waals surface area contributed by atoms with Crippen molar-refractivity contribution in [2.75, 3.05) is 33.4 Å². The molecule has 0 radical (unpaired) electrons. The highest BCUT2D eigenvalue weighted by Gasteiger charge is 2.23. The average molecular weight is 341 g/mol. The largest absolute Gasteiger partial charge is 0.497 e. The zero-order chi connectivity index (χ0) is 17.5. The van der Waals surface area contributed by atoms with Crippen LogP contribution >= 0.6 is 0 Å². The Morgan fingerprint density at radius 3 is 3.08 bits per heavy atom. The Kier molecular flexibility index (Phi) is 5.98. The van der Waals surface area contributed by atoms with Crippen molar-refractivity contribution in [3.8, 4) is 5.75 Å². The summed E-state index contributed by atoms with van der Waals surface area (Å²) in [6.07, 6.45) is 1.68. The second kappa shape index (κ2) is 8.60. The van der Waals surface area contributed by atoms with Gasteiger partial charge >= 0.3 is 0 Å². The standard InChI is InChI=1S/C19H23N3O3/c1-24-17-7-4-5-15(11-17)18-13-22(9-10-25-18)14-19(23)21-12-16-6-2-3-8-20-16/h2-8,11,18H,9-10,12-14H2,1H3,(H,21,23). The minimum absolute atomic E-state index is 0.00283. The van der Waals surface area contributed by atoms with Gasteiger partial charge in [-0.25, -0.2) is 0 Å². The summed E-state index contributed by atoms with van der Waals surface area (Å²) in [4.78, 5) is 18.5. The molecule has 1 amide bonds.